The Morgan fingerprint density at radius 3 is 2.68 bits per heavy atom. The Hall–Kier alpha value is -2.50. The first-order valence-corrected chi connectivity index (χ1v) is 9.93. The fourth-order valence-corrected chi connectivity index (χ4v) is 3.61. The van der Waals surface area contributed by atoms with Gasteiger partial charge in [0.15, 0.2) is 0 Å². The minimum absolute atomic E-state index is 0.0127. The van der Waals surface area contributed by atoms with E-state index in [-0.39, 0.29) is 11.5 Å². The maximum Gasteiger partial charge on any atom is 0.255 e. The second-order valence-electron chi connectivity index (χ2n) is 7.51. The van der Waals surface area contributed by atoms with Gasteiger partial charge in [-0.1, -0.05) is 43.6 Å². The molecule has 0 unspecified atom stereocenters. The number of pyridine rings is 1. The number of nitrogens with zero attached hydrogens (tertiary/aromatic N) is 3. The number of H-pyrrole nitrogens is 1. The number of nitrogens with one attached hydrogen (secondary N) is 1. The molecule has 0 atom stereocenters. The molecular formula is C22H23ClN4O. The molecule has 0 spiro atoms. The van der Waals surface area contributed by atoms with Gasteiger partial charge < -0.3 is 4.98 Å². The van der Waals surface area contributed by atoms with Crippen molar-refractivity contribution in [3.8, 4) is 11.3 Å². The van der Waals surface area contributed by atoms with Crippen molar-refractivity contribution >= 4 is 11.6 Å². The molecule has 2 aromatic heterocycles. The predicted molar refractivity (Wildman–Crippen MR) is 111 cm³/mol. The van der Waals surface area contributed by atoms with Crippen molar-refractivity contribution in [2.75, 3.05) is 6.54 Å². The SMILES string of the molecule is CC(C)c1nc2c(c(=O)[nH]1)CN(Cc1cccc(-c3ccc(Cl)cc3)n1)CC2. The van der Waals surface area contributed by atoms with E-state index < -0.39 is 0 Å². The predicted octanol–water partition coefficient (Wildman–Crippen LogP) is 4.17. The molecule has 3 aromatic rings. The van der Waals surface area contributed by atoms with E-state index in [1.165, 1.54) is 0 Å². The van der Waals surface area contributed by atoms with E-state index in [1.54, 1.807) is 0 Å². The molecule has 1 aliphatic rings. The summed E-state index contributed by atoms with van der Waals surface area (Å²) in [7, 11) is 0. The minimum Gasteiger partial charge on any atom is -0.310 e. The first-order chi connectivity index (χ1) is 13.5. The number of hydrogen-bond acceptors (Lipinski definition) is 4. The summed E-state index contributed by atoms with van der Waals surface area (Å²) in [6.07, 6.45) is 0.788. The van der Waals surface area contributed by atoms with Gasteiger partial charge >= 0.3 is 0 Å². The molecule has 6 heteroatoms. The van der Waals surface area contributed by atoms with E-state index in [4.69, 9.17) is 16.6 Å². The highest BCUT2D eigenvalue weighted by atomic mass is 35.5. The van der Waals surface area contributed by atoms with Crippen LogP contribution in [-0.4, -0.2) is 26.4 Å². The maximum atomic E-state index is 12.5. The molecule has 1 aliphatic heterocycles. The van der Waals surface area contributed by atoms with Crippen LogP contribution in [0, 0.1) is 0 Å². The molecule has 28 heavy (non-hydrogen) atoms. The monoisotopic (exact) mass is 394 g/mol. The van der Waals surface area contributed by atoms with Crippen molar-refractivity contribution in [3.05, 3.63) is 80.6 Å². The number of aromatic amines is 1. The summed E-state index contributed by atoms with van der Waals surface area (Å²) in [6, 6.07) is 13.7. The Morgan fingerprint density at radius 1 is 1.14 bits per heavy atom. The van der Waals surface area contributed by atoms with Gasteiger partial charge in [-0.3, -0.25) is 14.7 Å². The molecular weight excluding hydrogens is 372 g/mol. The highest BCUT2D eigenvalue weighted by Crippen LogP contribution is 2.22. The zero-order valence-corrected chi connectivity index (χ0v) is 16.8. The molecule has 5 nitrogen and oxygen atoms in total. The Kier molecular flexibility index (Phi) is 5.29. The van der Waals surface area contributed by atoms with Crippen molar-refractivity contribution in [2.24, 2.45) is 0 Å². The van der Waals surface area contributed by atoms with Crippen LogP contribution in [0.1, 0.15) is 42.5 Å². The second-order valence-corrected chi connectivity index (χ2v) is 7.95. The topological polar surface area (TPSA) is 61.9 Å². The van der Waals surface area contributed by atoms with Crippen LogP contribution in [0.5, 0.6) is 0 Å². The fourth-order valence-electron chi connectivity index (χ4n) is 3.49. The van der Waals surface area contributed by atoms with E-state index >= 15 is 0 Å². The van der Waals surface area contributed by atoms with E-state index in [0.29, 0.717) is 18.1 Å². The quantitative estimate of drug-likeness (QED) is 0.721. The molecule has 0 saturated carbocycles. The third-order valence-corrected chi connectivity index (χ3v) is 5.30. The fraction of sp³-hybridized carbons (Fsp3) is 0.318. The van der Waals surface area contributed by atoms with E-state index in [2.05, 4.69) is 14.9 Å². The number of benzene rings is 1. The van der Waals surface area contributed by atoms with E-state index in [9.17, 15) is 4.79 Å². The molecule has 144 valence electrons. The normalized spacial score (nSPS) is 14.3. The standard InChI is InChI=1S/C22H23ClN4O/c1-14(2)21-25-20-10-11-27(13-18(20)22(28)26-21)12-17-4-3-5-19(24-17)15-6-8-16(23)9-7-15/h3-9,14H,10-13H2,1-2H3,(H,25,26,28). The Labute approximate surface area is 169 Å². The molecule has 0 aliphatic carbocycles. The summed E-state index contributed by atoms with van der Waals surface area (Å²) >= 11 is 5.98. The summed E-state index contributed by atoms with van der Waals surface area (Å²) < 4.78 is 0. The van der Waals surface area contributed by atoms with Gasteiger partial charge in [0.1, 0.15) is 5.82 Å². The van der Waals surface area contributed by atoms with Gasteiger partial charge in [-0.05, 0) is 24.3 Å². The summed E-state index contributed by atoms with van der Waals surface area (Å²) in [5.41, 5.74) is 4.65. The summed E-state index contributed by atoms with van der Waals surface area (Å²) in [4.78, 5) is 27.2. The summed E-state index contributed by atoms with van der Waals surface area (Å²) in [6.45, 7) is 6.25. The number of rotatable bonds is 4. The summed E-state index contributed by atoms with van der Waals surface area (Å²) in [5, 5.41) is 0.714. The largest absolute Gasteiger partial charge is 0.310 e. The molecule has 0 bridgehead atoms. The number of hydrogen-bond donors (Lipinski definition) is 1. The number of aromatic nitrogens is 3. The van der Waals surface area contributed by atoms with Crippen LogP contribution in [0.15, 0.2) is 47.3 Å². The van der Waals surface area contributed by atoms with Crippen molar-refractivity contribution < 1.29 is 0 Å². The molecule has 0 fully saturated rings. The van der Waals surface area contributed by atoms with Crippen LogP contribution >= 0.6 is 11.6 Å². The van der Waals surface area contributed by atoms with Gasteiger partial charge in [-0.15, -0.1) is 0 Å². The maximum absolute atomic E-state index is 12.5. The van der Waals surface area contributed by atoms with Crippen LogP contribution in [0.25, 0.3) is 11.3 Å². The first-order valence-electron chi connectivity index (χ1n) is 9.56. The van der Waals surface area contributed by atoms with Crippen LogP contribution in [-0.2, 0) is 19.5 Å². The zero-order valence-electron chi connectivity index (χ0n) is 16.1. The lowest BCUT2D eigenvalue weighted by Gasteiger charge is -2.27. The third-order valence-electron chi connectivity index (χ3n) is 5.05. The van der Waals surface area contributed by atoms with Crippen LogP contribution in [0.3, 0.4) is 0 Å². The molecule has 4 rings (SSSR count). The average molecular weight is 395 g/mol. The molecule has 3 heterocycles. The highest BCUT2D eigenvalue weighted by Gasteiger charge is 2.22. The summed E-state index contributed by atoms with van der Waals surface area (Å²) in [5.74, 6) is 0.991. The lowest BCUT2D eigenvalue weighted by molar-refractivity contribution is 0.238. The number of fused-ring (bicyclic) bond motifs is 1. The van der Waals surface area contributed by atoms with E-state index in [0.717, 1.165) is 47.0 Å². The highest BCUT2D eigenvalue weighted by molar-refractivity contribution is 6.30. The smallest absolute Gasteiger partial charge is 0.255 e. The zero-order chi connectivity index (χ0) is 19.7. The van der Waals surface area contributed by atoms with Gasteiger partial charge in [0.25, 0.3) is 5.56 Å². The van der Waals surface area contributed by atoms with Crippen LogP contribution < -0.4 is 5.56 Å². The lowest BCUT2D eigenvalue weighted by Crippen LogP contribution is -2.36. The Balaban J connectivity index is 1.53. The third kappa shape index (κ3) is 4.01. The lowest BCUT2D eigenvalue weighted by atomic mass is 10.1. The van der Waals surface area contributed by atoms with Gasteiger partial charge in [0.2, 0.25) is 0 Å². The molecule has 0 amide bonds. The second kappa shape index (κ2) is 7.86. The van der Waals surface area contributed by atoms with Gasteiger partial charge in [-0.2, -0.15) is 0 Å². The minimum atomic E-state index is -0.0127. The first kappa shape index (κ1) is 18.8. The van der Waals surface area contributed by atoms with Crippen LogP contribution in [0.4, 0.5) is 0 Å². The molecule has 1 N–H and O–H groups in total. The average Bonchev–Trinajstić information content (AvgIpc) is 2.69. The molecule has 1 aromatic carbocycles. The van der Waals surface area contributed by atoms with Crippen molar-refractivity contribution in [2.45, 2.75) is 39.3 Å². The Morgan fingerprint density at radius 2 is 1.93 bits per heavy atom. The molecule has 0 saturated heterocycles. The molecule has 0 radical (unpaired) electrons. The van der Waals surface area contributed by atoms with Gasteiger partial charge in [0.05, 0.1) is 22.6 Å². The van der Waals surface area contributed by atoms with Crippen molar-refractivity contribution in [3.63, 3.8) is 0 Å². The van der Waals surface area contributed by atoms with Crippen LogP contribution in [0.2, 0.25) is 5.02 Å². The number of halogens is 1. The van der Waals surface area contributed by atoms with Gasteiger partial charge in [-0.25, -0.2) is 4.98 Å². The van der Waals surface area contributed by atoms with Gasteiger partial charge in [0, 0.05) is 42.6 Å². The van der Waals surface area contributed by atoms with Crippen molar-refractivity contribution in [1.29, 1.82) is 0 Å². The van der Waals surface area contributed by atoms with E-state index in [1.807, 2.05) is 56.3 Å². The van der Waals surface area contributed by atoms with Crippen molar-refractivity contribution in [1.82, 2.24) is 19.9 Å². The Bertz CT molecular complexity index is 1040.